The highest BCUT2D eigenvalue weighted by Crippen LogP contribution is 2.34. The highest BCUT2D eigenvalue weighted by Gasteiger charge is 2.51. The number of rotatable bonds is 16. The number of carboxylic acid groups (broad SMARTS) is 1. The maximum atomic E-state index is 13.3. The van der Waals surface area contributed by atoms with Crippen LogP contribution in [0.1, 0.15) is 67.8 Å². The Balaban J connectivity index is 1.16. The topological polar surface area (TPSA) is 252 Å². The van der Waals surface area contributed by atoms with E-state index in [1.807, 2.05) is 30.3 Å². The van der Waals surface area contributed by atoms with Gasteiger partial charge in [0.25, 0.3) is 5.91 Å². The van der Waals surface area contributed by atoms with Crippen LogP contribution in [0, 0.1) is 5.92 Å². The summed E-state index contributed by atoms with van der Waals surface area (Å²) < 4.78 is 41.8. The van der Waals surface area contributed by atoms with Crippen molar-refractivity contribution in [3.05, 3.63) is 65.7 Å². The van der Waals surface area contributed by atoms with Gasteiger partial charge in [0.15, 0.2) is 18.7 Å². The van der Waals surface area contributed by atoms with Crippen LogP contribution in [0.4, 0.5) is 0 Å². The zero-order chi connectivity index (χ0) is 41.3. The number of hydrogen-bond acceptors (Lipinski definition) is 15. The minimum Gasteiger partial charge on any atom is -0.489 e. The van der Waals surface area contributed by atoms with E-state index in [1.165, 1.54) is 6.92 Å². The van der Waals surface area contributed by atoms with E-state index in [2.05, 4.69) is 5.32 Å². The molecule has 0 aromatic heterocycles. The van der Waals surface area contributed by atoms with E-state index in [1.54, 1.807) is 24.3 Å². The zero-order valence-electron chi connectivity index (χ0n) is 32.4. The van der Waals surface area contributed by atoms with Gasteiger partial charge in [0.05, 0.1) is 18.8 Å². The Morgan fingerprint density at radius 1 is 0.793 bits per heavy atom. The standard InChI is InChI=1S/C41H57NO16/c1-22-31(44)33(46)34(47)40(54-22)58-36-27(16-17-52-29(36)19-42-38(49)25-12-14-26(15-13-25)53-21-24-10-6-3-7-11-24)56-41-35(48)37(32(45)30(20-43)57-41)55-28(39(50)51)18-23-8-4-2-5-9-23/h3,6-7,10-15,22-23,27-37,40-41,43-48H,2,4-5,8-9,16-21H2,1H3,(H,42,49)(H,50,51)/t22-,27+,28+,29?,30+,31+,32-,33-,34+,35-,36-,37+,40-,41+/m1/s1. The van der Waals surface area contributed by atoms with Crippen LogP contribution < -0.4 is 10.1 Å². The van der Waals surface area contributed by atoms with Gasteiger partial charge in [-0.1, -0.05) is 62.4 Å². The van der Waals surface area contributed by atoms with Crippen LogP contribution in [0.2, 0.25) is 0 Å². The van der Waals surface area contributed by atoms with Crippen LogP contribution >= 0.6 is 0 Å². The molecule has 4 aliphatic rings. The molecule has 3 aliphatic heterocycles. The number of benzene rings is 2. The van der Waals surface area contributed by atoms with Crippen molar-refractivity contribution in [2.45, 2.75) is 144 Å². The molecule has 17 nitrogen and oxygen atoms in total. The Hall–Kier alpha value is -3.30. The average Bonchev–Trinajstić information content (AvgIpc) is 3.23. The number of aliphatic carboxylic acids is 1. The molecular weight excluding hydrogens is 762 g/mol. The normalized spacial score (nSPS) is 35.2. The predicted molar refractivity (Wildman–Crippen MR) is 201 cm³/mol. The van der Waals surface area contributed by atoms with E-state index in [0.717, 1.165) is 37.7 Å². The van der Waals surface area contributed by atoms with E-state index in [-0.39, 0.29) is 31.9 Å². The van der Waals surface area contributed by atoms with Crippen LogP contribution in [0.15, 0.2) is 54.6 Å². The maximum Gasteiger partial charge on any atom is 0.332 e. The van der Waals surface area contributed by atoms with Crippen molar-refractivity contribution >= 4 is 11.9 Å². The van der Waals surface area contributed by atoms with E-state index < -0.39 is 104 Å². The molecule has 322 valence electrons. The van der Waals surface area contributed by atoms with Crippen molar-refractivity contribution in [3.8, 4) is 5.75 Å². The van der Waals surface area contributed by atoms with E-state index in [0.29, 0.717) is 17.9 Å². The molecule has 2 aromatic carbocycles. The quantitative estimate of drug-likeness (QED) is 0.116. The van der Waals surface area contributed by atoms with Crippen LogP contribution in [-0.2, 0) is 39.8 Å². The molecule has 1 amide bonds. The van der Waals surface area contributed by atoms with Gasteiger partial charge in [0.1, 0.15) is 67.3 Å². The van der Waals surface area contributed by atoms with Gasteiger partial charge in [0.2, 0.25) is 0 Å². The molecule has 3 heterocycles. The first-order chi connectivity index (χ1) is 27.9. The summed E-state index contributed by atoms with van der Waals surface area (Å²) in [4.78, 5) is 25.7. The Kier molecular flexibility index (Phi) is 15.9. The van der Waals surface area contributed by atoms with E-state index in [9.17, 15) is 45.3 Å². The Morgan fingerprint density at radius 3 is 2.19 bits per heavy atom. The van der Waals surface area contributed by atoms with Gasteiger partial charge in [0, 0.05) is 18.7 Å². The molecule has 1 aliphatic carbocycles. The van der Waals surface area contributed by atoms with Gasteiger partial charge >= 0.3 is 5.97 Å². The third-order valence-corrected chi connectivity index (χ3v) is 11.4. The summed E-state index contributed by atoms with van der Waals surface area (Å²) in [7, 11) is 0. The molecule has 4 fully saturated rings. The second-order valence-corrected chi connectivity index (χ2v) is 15.5. The van der Waals surface area contributed by atoms with Gasteiger partial charge in [-0.3, -0.25) is 4.79 Å². The second-order valence-electron chi connectivity index (χ2n) is 15.5. The maximum absolute atomic E-state index is 13.3. The number of aliphatic hydroxyl groups is 6. The second kappa shape index (κ2) is 20.8. The SMILES string of the molecule is C[C@H]1O[C@H](O[C@H]2C(CNC(=O)c3ccc(OCc4ccccc4)cc3)OCC[C@@H]2O[C@H]2O[C@@H](CO)[C@@H](O)[C@H](O[C@@H](CC3CCCCC3)C(=O)O)[C@H]2O)[C@@H](O)[C@H](O)[C@H]1O. The number of aliphatic hydroxyl groups excluding tert-OH is 6. The molecule has 1 saturated carbocycles. The highest BCUT2D eigenvalue weighted by atomic mass is 16.7. The molecule has 8 N–H and O–H groups in total. The summed E-state index contributed by atoms with van der Waals surface area (Å²) in [5, 5.41) is 77.3. The lowest BCUT2D eigenvalue weighted by Crippen LogP contribution is -2.64. The third kappa shape index (κ3) is 11.1. The van der Waals surface area contributed by atoms with E-state index in [4.69, 9.17) is 33.2 Å². The van der Waals surface area contributed by atoms with Crippen molar-refractivity contribution in [1.29, 1.82) is 0 Å². The number of nitrogens with one attached hydrogen (secondary N) is 1. The molecule has 6 rings (SSSR count). The monoisotopic (exact) mass is 819 g/mol. The number of carboxylic acids is 1. The lowest BCUT2D eigenvalue weighted by Gasteiger charge is -2.47. The van der Waals surface area contributed by atoms with Gasteiger partial charge in [-0.2, -0.15) is 0 Å². The van der Waals surface area contributed by atoms with Gasteiger partial charge < -0.3 is 74.2 Å². The number of ether oxygens (including phenoxy) is 7. The van der Waals surface area contributed by atoms with Gasteiger partial charge in [-0.15, -0.1) is 0 Å². The first-order valence-corrected chi connectivity index (χ1v) is 20.1. The van der Waals surface area contributed by atoms with Gasteiger partial charge in [-0.25, -0.2) is 4.79 Å². The number of carbonyl (C=O) groups excluding carboxylic acids is 1. The van der Waals surface area contributed by atoms with Crippen molar-refractivity contribution in [1.82, 2.24) is 5.32 Å². The summed E-state index contributed by atoms with van der Waals surface area (Å²) in [6.45, 7) is 1.06. The van der Waals surface area contributed by atoms with Crippen LogP contribution in [0.5, 0.6) is 5.75 Å². The van der Waals surface area contributed by atoms with Crippen LogP contribution in [-0.4, -0.2) is 153 Å². The van der Waals surface area contributed by atoms with Crippen molar-refractivity contribution in [2.24, 2.45) is 5.92 Å². The molecule has 0 spiro atoms. The zero-order valence-corrected chi connectivity index (χ0v) is 32.4. The summed E-state index contributed by atoms with van der Waals surface area (Å²) >= 11 is 0. The fourth-order valence-electron chi connectivity index (χ4n) is 7.98. The fraction of sp³-hybridized carbons (Fsp3) is 0.659. The Morgan fingerprint density at radius 2 is 1.50 bits per heavy atom. The first-order valence-electron chi connectivity index (χ1n) is 20.1. The molecule has 2 aromatic rings. The molecule has 1 unspecified atom stereocenters. The minimum atomic E-state index is -1.74. The molecular formula is C41H57NO16. The smallest absolute Gasteiger partial charge is 0.332 e. The van der Waals surface area contributed by atoms with E-state index >= 15 is 0 Å². The minimum absolute atomic E-state index is 0.0710. The average molecular weight is 820 g/mol. The Labute approximate surface area is 336 Å². The lowest BCUT2D eigenvalue weighted by molar-refractivity contribution is -0.355. The van der Waals surface area contributed by atoms with Crippen LogP contribution in [0.25, 0.3) is 0 Å². The molecule has 3 saturated heterocycles. The number of carbonyl (C=O) groups is 2. The largest absolute Gasteiger partial charge is 0.489 e. The van der Waals surface area contributed by atoms with Crippen molar-refractivity contribution in [3.63, 3.8) is 0 Å². The molecule has 14 atom stereocenters. The molecule has 17 heteroatoms. The highest BCUT2D eigenvalue weighted by molar-refractivity contribution is 5.94. The number of hydrogen-bond donors (Lipinski definition) is 8. The molecule has 58 heavy (non-hydrogen) atoms. The predicted octanol–water partition coefficient (Wildman–Crippen LogP) is 0.630. The summed E-state index contributed by atoms with van der Waals surface area (Å²) in [6.07, 6.45) is -14.5. The lowest BCUT2D eigenvalue weighted by atomic mass is 9.85. The summed E-state index contributed by atoms with van der Waals surface area (Å²) in [6, 6.07) is 16.2. The fourth-order valence-corrected chi connectivity index (χ4v) is 7.98. The van der Waals surface area contributed by atoms with Crippen molar-refractivity contribution < 1.29 is 78.5 Å². The third-order valence-electron chi connectivity index (χ3n) is 11.4. The first kappa shape index (κ1) is 44.3. The summed E-state index contributed by atoms with van der Waals surface area (Å²) in [5.41, 5.74) is 1.31. The number of amides is 1. The summed E-state index contributed by atoms with van der Waals surface area (Å²) in [5.74, 6) is -1.04. The van der Waals surface area contributed by atoms with Gasteiger partial charge in [-0.05, 0) is 55.5 Å². The van der Waals surface area contributed by atoms with Crippen molar-refractivity contribution in [2.75, 3.05) is 19.8 Å². The molecule has 0 bridgehead atoms. The molecule has 0 radical (unpaired) electrons. The van der Waals surface area contributed by atoms with Crippen LogP contribution in [0.3, 0.4) is 0 Å². The Bertz CT molecular complexity index is 1580.